The minimum absolute atomic E-state index is 0.0353. The lowest BCUT2D eigenvalue weighted by atomic mass is 10.1. The Hall–Kier alpha value is -2.08. The van der Waals surface area contributed by atoms with Crippen LogP contribution in [0.3, 0.4) is 0 Å². The molecule has 1 aliphatic rings. The second-order valence-electron chi connectivity index (χ2n) is 5.20. The van der Waals surface area contributed by atoms with Crippen LogP contribution in [-0.2, 0) is 4.79 Å². The van der Waals surface area contributed by atoms with Gasteiger partial charge in [-0.3, -0.25) is 0 Å². The fraction of sp³-hybridized carbons (Fsp3) is 0.429. The van der Waals surface area contributed by atoms with Crippen LogP contribution in [0.1, 0.15) is 17.5 Å². The molecule has 0 aliphatic carbocycles. The molecule has 6 nitrogen and oxygen atoms in total. The number of anilines is 1. The number of aliphatic hydroxyl groups is 1. The average Bonchev–Trinajstić information content (AvgIpc) is 2.70. The number of carbonyl (C=O) groups excluding carboxylic acids is 1. The van der Waals surface area contributed by atoms with Crippen molar-refractivity contribution < 1.29 is 19.8 Å². The molecule has 2 rings (SSSR count). The number of urea groups is 1. The Kier molecular flexibility index (Phi) is 3.94. The normalized spacial score (nSPS) is 21.9. The third-order valence-corrected chi connectivity index (χ3v) is 3.30. The molecule has 2 unspecified atom stereocenters. The molecule has 6 heteroatoms. The van der Waals surface area contributed by atoms with Gasteiger partial charge in [-0.1, -0.05) is 6.07 Å². The number of β-amino-alcohol motifs (C(OH)–C–C–N with tert-alkyl or cyclic N) is 1. The molecule has 0 spiro atoms. The zero-order valence-corrected chi connectivity index (χ0v) is 11.5. The minimum atomic E-state index is -1.10. The van der Waals surface area contributed by atoms with Gasteiger partial charge in [-0.15, -0.1) is 0 Å². The van der Waals surface area contributed by atoms with E-state index in [0.29, 0.717) is 5.69 Å². The summed E-state index contributed by atoms with van der Waals surface area (Å²) in [7, 11) is 0. The van der Waals surface area contributed by atoms with Gasteiger partial charge in [-0.25, -0.2) is 9.59 Å². The fourth-order valence-corrected chi connectivity index (χ4v) is 2.51. The molecule has 2 atom stereocenters. The third kappa shape index (κ3) is 3.08. The van der Waals surface area contributed by atoms with Crippen LogP contribution in [-0.4, -0.2) is 45.8 Å². The van der Waals surface area contributed by atoms with E-state index in [1.807, 2.05) is 32.0 Å². The lowest BCUT2D eigenvalue weighted by Gasteiger charge is -2.21. The summed E-state index contributed by atoms with van der Waals surface area (Å²) in [5, 5.41) is 21.3. The van der Waals surface area contributed by atoms with Crippen molar-refractivity contribution in [3.05, 3.63) is 29.3 Å². The third-order valence-electron chi connectivity index (χ3n) is 3.30. The smallest absolute Gasteiger partial charge is 0.326 e. The van der Waals surface area contributed by atoms with Gasteiger partial charge >= 0.3 is 12.0 Å². The largest absolute Gasteiger partial charge is 0.480 e. The van der Waals surface area contributed by atoms with Crippen molar-refractivity contribution in [1.29, 1.82) is 0 Å². The number of nitrogens with one attached hydrogen (secondary N) is 1. The Morgan fingerprint density at radius 1 is 1.25 bits per heavy atom. The lowest BCUT2D eigenvalue weighted by molar-refractivity contribution is -0.141. The quantitative estimate of drug-likeness (QED) is 0.762. The van der Waals surface area contributed by atoms with Crippen LogP contribution in [0, 0.1) is 13.8 Å². The van der Waals surface area contributed by atoms with Crippen LogP contribution in [0.15, 0.2) is 18.2 Å². The maximum Gasteiger partial charge on any atom is 0.326 e. The molecule has 108 valence electrons. The number of hydrogen-bond donors (Lipinski definition) is 3. The first-order chi connectivity index (χ1) is 9.36. The van der Waals surface area contributed by atoms with Crippen LogP contribution < -0.4 is 5.32 Å². The van der Waals surface area contributed by atoms with Crippen LogP contribution in [0.2, 0.25) is 0 Å². The Labute approximate surface area is 117 Å². The molecule has 1 aromatic rings. The molecule has 0 bridgehead atoms. The van der Waals surface area contributed by atoms with E-state index in [9.17, 15) is 14.7 Å². The number of hydrogen-bond acceptors (Lipinski definition) is 3. The van der Waals surface area contributed by atoms with Crippen LogP contribution in [0.4, 0.5) is 10.5 Å². The van der Waals surface area contributed by atoms with E-state index in [0.717, 1.165) is 16.0 Å². The maximum atomic E-state index is 12.1. The predicted octanol–water partition coefficient (Wildman–Crippen LogP) is 1.36. The van der Waals surface area contributed by atoms with E-state index in [1.165, 1.54) is 0 Å². The van der Waals surface area contributed by atoms with Gasteiger partial charge in [0.25, 0.3) is 0 Å². The second-order valence-corrected chi connectivity index (χ2v) is 5.20. The predicted molar refractivity (Wildman–Crippen MR) is 73.7 cm³/mol. The van der Waals surface area contributed by atoms with Gasteiger partial charge in [-0.05, 0) is 37.1 Å². The number of carbonyl (C=O) groups is 2. The standard InChI is InChI=1S/C14H18N2O4/c1-8-3-9(2)5-10(4-8)15-14(20)16-7-11(17)6-12(16)13(18)19/h3-5,11-12,17H,6-7H2,1-2H3,(H,15,20)(H,18,19). The van der Waals surface area contributed by atoms with Crippen LogP contribution in [0.25, 0.3) is 0 Å². The number of amides is 2. The first kappa shape index (κ1) is 14.3. The summed E-state index contributed by atoms with van der Waals surface area (Å²) < 4.78 is 0. The first-order valence-corrected chi connectivity index (χ1v) is 6.43. The van der Waals surface area contributed by atoms with Crippen molar-refractivity contribution in [1.82, 2.24) is 4.90 Å². The van der Waals surface area contributed by atoms with Gasteiger partial charge in [0.05, 0.1) is 6.10 Å². The topological polar surface area (TPSA) is 89.9 Å². The molecular formula is C14H18N2O4. The molecule has 1 fully saturated rings. The monoisotopic (exact) mass is 278 g/mol. The molecule has 1 heterocycles. The van der Waals surface area contributed by atoms with Gasteiger partial charge in [0, 0.05) is 18.7 Å². The maximum absolute atomic E-state index is 12.1. The Morgan fingerprint density at radius 2 is 1.85 bits per heavy atom. The Balaban J connectivity index is 2.13. The minimum Gasteiger partial charge on any atom is -0.480 e. The number of rotatable bonds is 2. The highest BCUT2D eigenvalue weighted by atomic mass is 16.4. The summed E-state index contributed by atoms with van der Waals surface area (Å²) >= 11 is 0. The van der Waals surface area contributed by atoms with E-state index in [-0.39, 0.29) is 13.0 Å². The lowest BCUT2D eigenvalue weighted by Crippen LogP contribution is -2.43. The molecule has 1 aliphatic heterocycles. The summed E-state index contributed by atoms with van der Waals surface area (Å²) in [6, 6.07) is 4.13. The number of likely N-dealkylation sites (tertiary alicyclic amines) is 1. The molecule has 1 aromatic carbocycles. The summed E-state index contributed by atoms with van der Waals surface area (Å²) in [6.45, 7) is 3.87. The van der Waals surface area contributed by atoms with Crippen molar-refractivity contribution in [3.63, 3.8) is 0 Å². The Morgan fingerprint density at radius 3 is 2.40 bits per heavy atom. The summed E-state index contributed by atoms with van der Waals surface area (Å²) in [4.78, 5) is 24.4. The van der Waals surface area contributed by atoms with Gasteiger partial charge in [0.2, 0.25) is 0 Å². The van der Waals surface area contributed by atoms with E-state index >= 15 is 0 Å². The Bertz CT molecular complexity index is 524. The highest BCUT2D eigenvalue weighted by molar-refractivity contribution is 5.93. The summed E-state index contributed by atoms with van der Waals surface area (Å²) in [6.07, 6.45) is -0.726. The summed E-state index contributed by atoms with van der Waals surface area (Å²) in [5.41, 5.74) is 2.64. The highest BCUT2D eigenvalue weighted by Crippen LogP contribution is 2.20. The zero-order chi connectivity index (χ0) is 14.9. The van der Waals surface area contributed by atoms with Crippen molar-refractivity contribution in [2.24, 2.45) is 0 Å². The number of aliphatic carboxylic acids is 1. The van der Waals surface area contributed by atoms with Crippen LogP contribution >= 0.6 is 0 Å². The number of nitrogens with zero attached hydrogens (tertiary/aromatic N) is 1. The average molecular weight is 278 g/mol. The van der Waals surface area contributed by atoms with Crippen molar-refractivity contribution in [2.45, 2.75) is 32.4 Å². The van der Waals surface area contributed by atoms with E-state index < -0.39 is 24.1 Å². The number of aryl methyl sites for hydroxylation is 2. The summed E-state index contributed by atoms with van der Waals surface area (Å²) in [5.74, 6) is -1.10. The zero-order valence-electron chi connectivity index (χ0n) is 11.5. The molecule has 0 aromatic heterocycles. The van der Waals surface area contributed by atoms with Gasteiger partial charge < -0.3 is 20.4 Å². The van der Waals surface area contributed by atoms with Crippen molar-refractivity contribution >= 4 is 17.7 Å². The van der Waals surface area contributed by atoms with Gasteiger partial charge in [0.15, 0.2) is 0 Å². The molecule has 0 radical (unpaired) electrons. The molecule has 3 N–H and O–H groups in total. The number of carboxylic acids is 1. The number of aliphatic hydroxyl groups excluding tert-OH is 1. The SMILES string of the molecule is Cc1cc(C)cc(NC(=O)N2CC(O)CC2C(=O)O)c1. The first-order valence-electron chi connectivity index (χ1n) is 6.43. The highest BCUT2D eigenvalue weighted by Gasteiger charge is 2.38. The van der Waals surface area contributed by atoms with E-state index in [4.69, 9.17) is 5.11 Å². The van der Waals surface area contributed by atoms with Crippen molar-refractivity contribution in [3.8, 4) is 0 Å². The van der Waals surface area contributed by atoms with Gasteiger partial charge in [-0.2, -0.15) is 0 Å². The second kappa shape index (κ2) is 5.50. The van der Waals surface area contributed by atoms with Crippen molar-refractivity contribution in [2.75, 3.05) is 11.9 Å². The molecule has 2 amide bonds. The molecule has 1 saturated heterocycles. The van der Waals surface area contributed by atoms with E-state index in [2.05, 4.69) is 5.32 Å². The van der Waals surface area contributed by atoms with Gasteiger partial charge in [0.1, 0.15) is 6.04 Å². The molecule has 0 saturated carbocycles. The van der Waals surface area contributed by atoms with Crippen LogP contribution in [0.5, 0.6) is 0 Å². The number of carboxylic acid groups (broad SMARTS) is 1. The van der Waals surface area contributed by atoms with E-state index in [1.54, 1.807) is 0 Å². The number of benzene rings is 1. The molecule has 20 heavy (non-hydrogen) atoms. The molecular weight excluding hydrogens is 260 g/mol. The fourth-order valence-electron chi connectivity index (χ4n) is 2.51.